The summed E-state index contributed by atoms with van der Waals surface area (Å²) in [7, 11) is 1.41. The Labute approximate surface area is 231 Å². The molecule has 2 heterocycles. The molecule has 6 nitrogen and oxygen atoms in total. The molecule has 5 rings (SSSR count). The van der Waals surface area contributed by atoms with Crippen LogP contribution in [0.4, 0.5) is 0 Å². The Bertz CT molecular complexity index is 1380. The first kappa shape index (κ1) is 26.7. The number of aromatic nitrogens is 2. The third-order valence-electron chi connectivity index (χ3n) is 7.25. The zero-order chi connectivity index (χ0) is 27.0. The molecule has 4 aromatic rings. The van der Waals surface area contributed by atoms with Gasteiger partial charge in [0.15, 0.2) is 0 Å². The lowest BCUT2D eigenvalue weighted by atomic mass is 10.0. The summed E-state index contributed by atoms with van der Waals surface area (Å²) in [6.07, 6.45) is 6.38. The van der Waals surface area contributed by atoms with Gasteiger partial charge >= 0.3 is 5.97 Å². The molecule has 0 saturated heterocycles. The van der Waals surface area contributed by atoms with Gasteiger partial charge in [0.25, 0.3) is 0 Å². The van der Waals surface area contributed by atoms with Crippen molar-refractivity contribution in [3.8, 4) is 17.1 Å². The van der Waals surface area contributed by atoms with Gasteiger partial charge in [0.1, 0.15) is 11.6 Å². The molecule has 0 fully saturated rings. The number of rotatable bonds is 11. The molecular weight excluding hydrogens is 486 g/mol. The first-order valence-corrected chi connectivity index (χ1v) is 13.9. The molecule has 0 aliphatic carbocycles. The summed E-state index contributed by atoms with van der Waals surface area (Å²) in [6, 6.07) is 24.8. The van der Waals surface area contributed by atoms with Crippen LogP contribution in [0.3, 0.4) is 0 Å². The Hall–Kier alpha value is -3.90. The summed E-state index contributed by atoms with van der Waals surface area (Å²) in [4.78, 5) is 19.3. The molecule has 1 aromatic heterocycles. The molecule has 0 unspecified atom stereocenters. The average Bonchev–Trinajstić information content (AvgIpc) is 3.38. The van der Waals surface area contributed by atoms with Gasteiger partial charge in [-0.05, 0) is 54.2 Å². The van der Waals surface area contributed by atoms with Crippen LogP contribution in [-0.2, 0) is 37.3 Å². The van der Waals surface area contributed by atoms with Crippen molar-refractivity contribution in [3.05, 3.63) is 107 Å². The Kier molecular flexibility index (Phi) is 8.74. The van der Waals surface area contributed by atoms with Gasteiger partial charge in [0.05, 0.1) is 31.2 Å². The third-order valence-corrected chi connectivity index (χ3v) is 7.25. The first-order chi connectivity index (χ1) is 19.1. The van der Waals surface area contributed by atoms with Crippen LogP contribution in [0.1, 0.15) is 58.9 Å². The van der Waals surface area contributed by atoms with Gasteiger partial charge in [-0.25, -0.2) is 9.78 Å². The largest absolute Gasteiger partial charge is 0.493 e. The van der Waals surface area contributed by atoms with E-state index in [1.54, 1.807) is 0 Å². The monoisotopic (exact) mass is 523 g/mol. The molecule has 0 saturated carbocycles. The molecule has 0 bridgehead atoms. The highest BCUT2D eigenvalue weighted by Crippen LogP contribution is 2.27. The summed E-state index contributed by atoms with van der Waals surface area (Å²) < 4.78 is 13.1. The van der Waals surface area contributed by atoms with Crippen molar-refractivity contribution >= 4 is 5.97 Å². The molecular formula is C33H37N3O3. The van der Waals surface area contributed by atoms with E-state index >= 15 is 0 Å². The highest BCUT2D eigenvalue weighted by atomic mass is 16.5. The Morgan fingerprint density at radius 1 is 1.00 bits per heavy atom. The van der Waals surface area contributed by atoms with Crippen molar-refractivity contribution in [2.24, 2.45) is 0 Å². The van der Waals surface area contributed by atoms with Crippen molar-refractivity contribution in [2.75, 3.05) is 13.7 Å². The van der Waals surface area contributed by atoms with E-state index in [1.165, 1.54) is 23.9 Å². The van der Waals surface area contributed by atoms with Crippen LogP contribution in [-0.4, -0.2) is 34.1 Å². The molecule has 0 radical (unpaired) electrons. The maximum Gasteiger partial charge on any atom is 0.337 e. The van der Waals surface area contributed by atoms with Gasteiger partial charge in [0, 0.05) is 31.7 Å². The number of unbranched alkanes of at least 4 members (excludes halogenated alkanes) is 1. The van der Waals surface area contributed by atoms with Crippen molar-refractivity contribution in [3.63, 3.8) is 0 Å². The second-order valence-corrected chi connectivity index (χ2v) is 10.2. The lowest BCUT2D eigenvalue weighted by Gasteiger charge is -2.25. The van der Waals surface area contributed by atoms with Crippen molar-refractivity contribution in [1.82, 2.24) is 14.5 Å². The van der Waals surface area contributed by atoms with Crippen LogP contribution in [0, 0.1) is 0 Å². The van der Waals surface area contributed by atoms with Crippen LogP contribution in [0.5, 0.6) is 5.75 Å². The summed E-state index contributed by atoms with van der Waals surface area (Å²) in [5.41, 5.74) is 6.61. The number of imidazole rings is 1. The lowest BCUT2D eigenvalue weighted by molar-refractivity contribution is 0.0600. The Balaban J connectivity index is 1.44. The van der Waals surface area contributed by atoms with E-state index < -0.39 is 0 Å². The summed E-state index contributed by atoms with van der Waals surface area (Å²) in [5, 5.41) is 0. The molecule has 202 valence electrons. The number of carbonyl (C=O) groups is 1. The van der Waals surface area contributed by atoms with Gasteiger partial charge in [-0.15, -0.1) is 0 Å². The zero-order valence-corrected chi connectivity index (χ0v) is 22.9. The van der Waals surface area contributed by atoms with Gasteiger partial charge in [-0.1, -0.05) is 67.9 Å². The topological polar surface area (TPSA) is 56.6 Å². The number of carbonyl (C=O) groups excluding carboxylic acids is 1. The highest BCUT2D eigenvalue weighted by Gasteiger charge is 2.18. The van der Waals surface area contributed by atoms with E-state index in [2.05, 4.69) is 58.9 Å². The van der Waals surface area contributed by atoms with Gasteiger partial charge in [-0.3, -0.25) is 4.90 Å². The van der Waals surface area contributed by atoms with Crippen molar-refractivity contribution in [1.29, 1.82) is 0 Å². The second-order valence-electron chi connectivity index (χ2n) is 10.2. The van der Waals surface area contributed by atoms with E-state index in [-0.39, 0.29) is 5.97 Å². The summed E-state index contributed by atoms with van der Waals surface area (Å²) in [6.45, 7) is 6.26. The second kappa shape index (κ2) is 12.8. The Morgan fingerprint density at radius 2 is 1.77 bits per heavy atom. The van der Waals surface area contributed by atoms with Gasteiger partial charge in [0.2, 0.25) is 0 Å². The molecule has 39 heavy (non-hydrogen) atoms. The number of aryl methyl sites for hydroxylation is 1. The standard InChI is InChI=1S/C33H37N3O3/c1-3-4-18-36-30(21-34-32(36)27-9-6-5-7-10-27)24-35(22-25-12-15-28(16-13-25)33(37)38-2)23-26-14-17-31-29(20-26)11-8-19-39-31/h5-7,9-10,12-17,20-21H,3-4,8,11,18-19,22-24H2,1-2H3. The van der Waals surface area contributed by atoms with Crippen LogP contribution in [0.2, 0.25) is 0 Å². The van der Waals surface area contributed by atoms with E-state index in [9.17, 15) is 4.79 Å². The fourth-order valence-corrected chi connectivity index (χ4v) is 5.21. The minimum Gasteiger partial charge on any atom is -0.493 e. The minimum absolute atomic E-state index is 0.317. The normalized spacial score (nSPS) is 12.7. The van der Waals surface area contributed by atoms with Crippen LogP contribution < -0.4 is 4.74 Å². The van der Waals surface area contributed by atoms with Crippen LogP contribution >= 0.6 is 0 Å². The molecule has 6 heteroatoms. The number of methoxy groups -OCH3 is 1. The van der Waals surface area contributed by atoms with E-state index in [4.69, 9.17) is 14.5 Å². The fourth-order valence-electron chi connectivity index (χ4n) is 5.21. The maximum atomic E-state index is 11.9. The third kappa shape index (κ3) is 6.58. The van der Waals surface area contributed by atoms with E-state index in [0.717, 1.165) is 81.2 Å². The predicted molar refractivity (Wildman–Crippen MR) is 154 cm³/mol. The summed E-state index contributed by atoms with van der Waals surface area (Å²) in [5.74, 6) is 1.72. The molecule has 1 aliphatic heterocycles. The quantitative estimate of drug-likeness (QED) is 0.206. The predicted octanol–water partition coefficient (Wildman–Crippen LogP) is 6.66. The highest BCUT2D eigenvalue weighted by molar-refractivity contribution is 5.89. The number of hydrogen-bond donors (Lipinski definition) is 0. The van der Waals surface area contributed by atoms with E-state index in [0.29, 0.717) is 5.56 Å². The van der Waals surface area contributed by atoms with Crippen LogP contribution in [0.25, 0.3) is 11.4 Å². The zero-order valence-electron chi connectivity index (χ0n) is 22.9. The maximum absolute atomic E-state index is 11.9. The average molecular weight is 524 g/mol. The Morgan fingerprint density at radius 3 is 2.54 bits per heavy atom. The number of ether oxygens (including phenoxy) is 2. The minimum atomic E-state index is -0.317. The van der Waals surface area contributed by atoms with Crippen LogP contribution in [0.15, 0.2) is 79.0 Å². The van der Waals surface area contributed by atoms with E-state index in [1.807, 2.05) is 36.5 Å². The van der Waals surface area contributed by atoms with Crippen molar-refractivity contribution in [2.45, 2.75) is 58.8 Å². The number of esters is 1. The van der Waals surface area contributed by atoms with Crippen molar-refractivity contribution < 1.29 is 14.3 Å². The number of fused-ring (bicyclic) bond motifs is 1. The number of nitrogens with zero attached hydrogens (tertiary/aromatic N) is 3. The molecule has 0 amide bonds. The first-order valence-electron chi connectivity index (χ1n) is 13.9. The smallest absolute Gasteiger partial charge is 0.337 e. The molecule has 0 atom stereocenters. The van der Waals surface area contributed by atoms with Gasteiger partial charge in [-0.2, -0.15) is 0 Å². The summed E-state index contributed by atoms with van der Waals surface area (Å²) >= 11 is 0. The number of benzene rings is 3. The number of hydrogen-bond acceptors (Lipinski definition) is 5. The van der Waals surface area contributed by atoms with Gasteiger partial charge < -0.3 is 14.0 Å². The molecule has 3 aromatic carbocycles. The lowest BCUT2D eigenvalue weighted by Crippen LogP contribution is -2.24. The fraction of sp³-hybridized carbons (Fsp3) is 0.333. The molecule has 0 N–H and O–H groups in total. The molecule has 1 aliphatic rings. The molecule has 0 spiro atoms. The SMILES string of the molecule is CCCCn1c(CN(Cc2ccc(C(=O)OC)cc2)Cc2ccc3c(c2)CCCO3)cnc1-c1ccccc1.